The second-order valence-electron chi connectivity index (χ2n) is 5.74. The fourth-order valence-electron chi connectivity index (χ4n) is 2.32. The first kappa shape index (κ1) is 15.7. The molecule has 6 heteroatoms. The molecular formula is C17H19BN4S. The summed E-state index contributed by atoms with van der Waals surface area (Å²) in [4.78, 5) is 12.2. The summed E-state index contributed by atoms with van der Waals surface area (Å²) in [5.41, 5.74) is 3.22. The van der Waals surface area contributed by atoms with Crippen molar-refractivity contribution in [1.82, 2.24) is 14.9 Å². The van der Waals surface area contributed by atoms with E-state index in [4.69, 9.17) is 0 Å². The maximum Gasteiger partial charge on any atom is 0.227 e. The van der Waals surface area contributed by atoms with Crippen LogP contribution >= 0.6 is 11.3 Å². The van der Waals surface area contributed by atoms with E-state index >= 15 is 0 Å². The van der Waals surface area contributed by atoms with Gasteiger partial charge in [0.25, 0.3) is 0 Å². The van der Waals surface area contributed by atoms with Gasteiger partial charge in [-0.05, 0) is 48.7 Å². The number of anilines is 2. The topological polar surface area (TPSA) is 41.1 Å². The minimum absolute atomic E-state index is 0.619. The van der Waals surface area contributed by atoms with Crippen LogP contribution in [0.5, 0.6) is 0 Å². The lowest BCUT2D eigenvalue weighted by Gasteiger charge is -2.10. The molecular weight excluding hydrogens is 303 g/mol. The van der Waals surface area contributed by atoms with Gasteiger partial charge >= 0.3 is 0 Å². The van der Waals surface area contributed by atoms with Crippen LogP contribution in [-0.2, 0) is 6.54 Å². The van der Waals surface area contributed by atoms with E-state index in [2.05, 4.69) is 78.5 Å². The molecule has 3 rings (SSSR count). The van der Waals surface area contributed by atoms with E-state index in [1.165, 1.54) is 10.3 Å². The number of hydrogen-bond donors (Lipinski definition) is 1. The zero-order chi connectivity index (χ0) is 16.2. The van der Waals surface area contributed by atoms with Crippen molar-refractivity contribution in [2.24, 2.45) is 0 Å². The number of thiophene rings is 1. The molecule has 1 N–H and O–H groups in total. The van der Waals surface area contributed by atoms with E-state index in [0.717, 1.165) is 22.8 Å². The minimum Gasteiger partial charge on any atom is -0.324 e. The van der Waals surface area contributed by atoms with Gasteiger partial charge in [-0.25, -0.2) is 9.97 Å². The SMILES string of the molecule is Bc1ccc(-c2ccnc(Nc3ccc(CN(C)C)cc3)n2)s1. The van der Waals surface area contributed by atoms with Crippen LogP contribution in [0, 0.1) is 0 Å². The van der Waals surface area contributed by atoms with Gasteiger partial charge in [-0.3, -0.25) is 0 Å². The third kappa shape index (κ3) is 4.18. The van der Waals surface area contributed by atoms with E-state index in [-0.39, 0.29) is 0 Å². The van der Waals surface area contributed by atoms with Gasteiger partial charge < -0.3 is 10.2 Å². The lowest BCUT2D eigenvalue weighted by Crippen LogP contribution is -2.10. The second kappa shape index (κ2) is 6.94. The molecule has 0 aliphatic rings. The fourth-order valence-corrected chi connectivity index (χ4v) is 3.15. The first-order valence-corrected chi connectivity index (χ1v) is 8.32. The van der Waals surface area contributed by atoms with E-state index in [1.54, 1.807) is 17.5 Å². The minimum atomic E-state index is 0.619. The molecule has 0 saturated carbocycles. The molecule has 1 aromatic carbocycles. The normalized spacial score (nSPS) is 10.9. The molecule has 4 nitrogen and oxygen atoms in total. The third-order valence-corrected chi connectivity index (χ3v) is 4.38. The summed E-state index contributed by atoms with van der Waals surface area (Å²) in [7, 11) is 6.24. The van der Waals surface area contributed by atoms with Crippen LogP contribution in [0.4, 0.5) is 11.6 Å². The van der Waals surface area contributed by atoms with Crippen LogP contribution in [0.2, 0.25) is 0 Å². The van der Waals surface area contributed by atoms with Crippen molar-refractivity contribution in [2.45, 2.75) is 6.54 Å². The Morgan fingerprint density at radius 1 is 1.09 bits per heavy atom. The van der Waals surface area contributed by atoms with Crippen molar-refractivity contribution in [2.75, 3.05) is 19.4 Å². The van der Waals surface area contributed by atoms with Gasteiger partial charge in [-0.1, -0.05) is 18.2 Å². The van der Waals surface area contributed by atoms with Crippen molar-refractivity contribution in [3.63, 3.8) is 0 Å². The lowest BCUT2D eigenvalue weighted by molar-refractivity contribution is 0.402. The highest BCUT2D eigenvalue weighted by molar-refractivity contribution is 7.23. The summed E-state index contributed by atoms with van der Waals surface area (Å²) in [5.74, 6) is 0.619. The Hall–Kier alpha value is -2.18. The maximum absolute atomic E-state index is 4.60. The van der Waals surface area contributed by atoms with Gasteiger partial charge in [0.1, 0.15) is 0 Å². The van der Waals surface area contributed by atoms with Crippen molar-refractivity contribution >= 4 is 35.6 Å². The van der Waals surface area contributed by atoms with Gasteiger partial charge in [0, 0.05) is 18.4 Å². The molecule has 2 heterocycles. The standard InChI is InChI=1S/C17H19BN4S/c1-22(2)11-12-3-5-13(6-4-12)20-17-19-10-9-14(21-17)15-7-8-16(18)23-15/h3-10H,11,18H2,1-2H3,(H,19,20,21). The number of nitrogens with one attached hydrogen (secondary N) is 1. The van der Waals surface area contributed by atoms with Gasteiger partial charge in [-0.2, -0.15) is 0 Å². The summed E-state index contributed by atoms with van der Waals surface area (Å²) in [6, 6.07) is 14.5. The largest absolute Gasteiger partial charge is 0.324 e. The van der Waals surface area contributed by atoms with E-state index in [1.807, 2.05) is 6.07 Å². The average Bonchev–Trinajstić information content (AvgIpc) is 2.96. The molecule has 0 atom stereocenters. The Labute approximate surface area is 141 Å². The Morgan fingerprint density at radius 3 is 2.52 bits per heavy atom. The van der Waals surface area contributed by atoms with Gasteiger partial charge in [0.05, 0.1) is 10.6 Å². The molecule has 0 unspecified atom stereocenters. The third-order valence-electron chi connectivity index (χ3n) is 3.36. The first-order valence-electron chi connectivity index (χ1n) is 7.51. The predicted molar refractivity (Wildman–Crippen MR) is 101 cm³/mol. The smallest absolute Gasteiger partial charge is 0.227 e. The van der Waals surface area contributed by atoms with Gasteiger partial charge in [0.15, 0.2) is 7.85 Å². The number of rotatable bonds is 5. The van der Waals surface area contributed by atoms with E-state index in [0.29, 0.717) is 5.95 Å². The highest BCUT2D eigenvalue weighted by Crippen LogP contribution is 2.22. The molecule has 0 radical (unpaired) electrons. The van der Waals surface area contributed by atoms with E-state index in [9.17, 15) is 0 Å². The van der Waals surface area contributed by atoms with E-state index < -0.39 is 0 Å². The predicted octanol–water partition coefficient (Wildman–Crippen LogP) is 2.27. The Balaban J connectivity index is 1.75. The lowest BCUT2D eigenvalue weighted by atomic mass is 10.1. The highest BCUT2D eigenvalue weighted by atomic mass is 32.1. The van der Waals surface area contributed by atoms with Gasteiger partial charge in [0.2, 0.25) is 5.95 Å². The first-order chi connectivity index (χ1) is 11.1. The number of benzene rings is 1. The van der Waals surface area contributed by atoms with Crippen LogP contribution in [-0.4, -0.2) is 36.8 Å². The van der Waals surface area contributed by atoms with Crippen molar-refractivity contribution in [3.05, 3.63) is 54.2 Å². The molecule has 0 bridgehead atoms. The summed E-state index contributed by atoms with van der Waals surface area (Å²) < 4.78 is 1.28. The molecule has 0 amide bonds. The fraction of sp³-hybridized carbons (Fsp3) is 0.176. The zero-order valence-corrected chi connectivity index (χ0v) is 14.4. The number of nitrogens with zero attached hydrogens (tertiary/aromatic N) is 3. The quantitative estimate of drug-likeness (QED) is 0.732. The molecule has 0 spiro atoms. The average molecular weight is 322 g/mol. The van der Waals surface area contributed by atoms with Crippen LogP contribution in [0.1, 0.15) is 5.56 Å². The van der Waals surface area contributed by atoms with Gasteiger partial charge in [-0.15, -0.1) is 11.3 Å². The summed E-state index contributed by atoms with van der Waals surface area (Å²) in [5, 5.41) is 3.27. The second-order valence-corrected chi connectivity index (χ2v) is 7.02. The maximum atomic E-state index is 4.60. The molecule has 116 valence electrons. The zero-order valence-electron chi connectivity index (χ0n) is 13.6. The van der Waals surface area contributed by atoms with Crippen LogP contribution in [0.15, 0.2) is 48.7 Å². The number of hydrogen-bond acceptors (Lipinski definition) is 5. The summed E-state index contributed by atoms with van der Waals surface area (Å²) in [6.45, 7) is 0.935. The molecule has 23 heavy (non-hydrogen) atoms. The molecule has 2 aromatic heterocycles. The summed E-state index contributed by atoms with van der Waals surface area (Å²) in [6.07, 6.45) is 1.79. The Morgan fingerprint density at radius 2 is 1.87 bits per heavy atom. The highest BCUT2D eigenvalue weighted by Gasteiger charge is 2.05. The summed E-state index contributed by atoms with van der Waals surface area (Å²) >= 11 is 1.74. The molecule has 0 fully saturated rings. The van der Waals surface area contributed by atoms with Crippen molar-refractivity contribution in [3.8, 4) is 10.6 Å². The number of aromatic nitrogens is 2. The monoisotopic (exact) mass is 322 g/mol. The van der Waals surface area contributed by atoms with Crippen molar-refractivity contribution < 1.29 is 0 Å². The molecule has 0 aliphatic carbocycles. The van der Waals surface area contributed by atoms with Crippen LogP contribution < -0.4 is 10.1 Å². The Kier molecular flexibility index (Phi) is 4.74. The van der Waals surface area contributed by atoms with Crippen LogP contribution in [0.25, 0.3) is 10.6 Å². The van der Waals surface area contributed by atoms with Crippen LogP contribution in [0.3, 0.4) is 0 Å². The molecule has 3 aromatic rings. The van der Waals surface area contributed by atoms with Crippen molar-refractivity contribution in [1.29, 1.82) is 0 Å². The Bertz CT molecular complexity index is 783. The molecule has 0 aliphatic heterocycles. The molecule has 0 saturated heterocycles.